The Hall–Kier alpha value is -1.39. The molecule has 0 bridgehead atoms. The van der Waals surface area contributed by atoms with Gasteiger partial charge in [-0.05, 0) is 23.9 Å². The van der Waals surface area contributed by atoms with Crippen molar-refractivity contribution in [1.29, 1.82) is 0 Å². The van der Waals surface area contributed by atoms with E-state index in [0.717, 1.165) is 16.7 Å². The lowest BCUT2D eigenvalue weighted by Crippen LogP contribution is -2.43. The SMILES string of the molecule is CCC(N)C(C)(CC(=O)O)c1cc2ccccc2s1. The zero-order valence-electron chi connectivity index (χ0n) is 11.2. The number of hydrogen-bond acceptors (Lipinski definition) is 3. The smallest absolute Gasteiger partial charge is 0.304 e. The third-order valence-corrected chi connectivity index (χ3v) is 5.16. The van der Waals surface area contributed by atoms with Crippen LogP contribution in [0.4, 0.5) is 0 Å². The van der Waals surface area contributed by atoms with Gasteiger partial charge < -0.3 is 10.8 Å². The highest BCUT2D eigenvalue weighted by Gasteiger charge is 2.36. The van der Waals surface area contributed by atoms with Crippen LogP contribution >= 0.6 is 11.3 Å². The van der Waals surface area contributed by atoms with Gasteiger partial charge in [-0.25, -0.2) is 0 Å². The van der Waals surface area contributed by atoms with Crippen molar-refractivity contribution in [1.82, 2.24) is 0 Å². The molecule has 0 aliphatic heterocycles. The minimum Gasteiger partial charge on any atom is -0.481 e. The molecule has 0 spiro atoms. The summed E-state index contributed by atoms with van der Waals surface area (Å²) in [6.07, 6.45) is 0.826. The van der Waals surface area contributed by atoms with Crippen molar-refractivity contribution in [3.63, 3.8) is 0 Å². The van der Waals surface area contributed by atoms with Crippen LogP contribution in [0.15, 0.2) is 30.3 Å². The van der Waals surface area contributed by atoms with E-state index in [4.69, 9.17) is 5.73 Å². The quantitative estimate of drug-likeness (QED) is 0.880. The number of fused-ring (bicyclic) bond motifs is 1. The molecule has 2 unspecified atom stereocenters. The Morgan fingerprint density at radius 1 is 1.47 bits per heavy atom. The highest BCUT2D eigenvalue weighted by Crippen LogP contribution is 2.39. The Kier molecular flexibility index (Phi) is 3.92. The summed E-state index contributed by atoms with van der Waals surface area (Å²) < 4.78 is 1.18. The molecule has 3 nitrogen and oxygen atoms in total. The number of nitrogens with two attached hydrogens (primary N) is 1. The molecule has 0 saturated carbocycles. The summed E-state index contributed by atoms with van der Waals surface area (Å²) in [4.78, 5) is 12.2. The number of thiophene rings is 1. The van der Waals surface area contributed by atoms with Gasteiger partial charge in [0.25, 0.3) is 0 Å². The van der Waals surface area contributed by atoms with Crippen LogP contribution in [0, 0.1) is 0 Å². The Bertz CT molecular complexity index is 560. The van der Waals surface area contributed by atoms with E-state index in [1.165, 1.54) is 4.70 Å². The highest BCUT2D eigenvalue weighted by atomic mass is 32.1. The number of rotatable bonds is 5. The standard InChI is InChI=1S/C15H19NO2S/c1-3-12(16)15(2,9-14(17)18)13-8-10-6-4-5-7-11(10)19-13/h4-8,12H,3,9,16H2,1-2H3,(H,17,18). The van der Waals surface area contributed by atoms with Crippen molar-refractivity contribution >= 4 is 27.4 Å². The van der Waals surface area contributed by atoms with E-state index >= 15 is 0 Å². The lowest BCUT2D eigenvalue weighted by atomic mass is 9.77. The van der Waals surface area contributed by atoms with Crippen LogP contribution in [0.2, 0.25) is 0 Å². The molecule has 1 aromatic heterocycles. The molecule has 3 N–H and O–H groups in total. The van der Waals surface area contributed by atoms with E-state index in [1.54, 1.807) is 11.3 Å². The zero-order chi connectivity index (χ0) is 14.0. The molecular weight excluding hydrogens is 258 g/mol. The second-order valence-corrected chi connectivity index (χ2v) is 6.23. The molecule has 1 aromatic carbocycles. The molecule has 0 saturated heterocycles. The minimum atomic E-state index is -0.802. The maximum Gasteiger partial charge on any atom is 0.304 e. The number of hydrogen-bond donors (Lipinski definition) is 2. The van der Waals surface area contributed by atoms with Gasteiger partial charge >= 0.3 is 5.97 Å². The normalized spacial score (nSPS) is 16.2. The molecular formula is C15H19NO2S. The van der Waals surface area contributed by atoms with Gasteiger partial charge in [0.15, 0.2) is 0 Å². The van der Waals surface area contributed by atoms with Crippen LogP contribution in [-0.4, -0.2) is 17.1 Å². The van der Waals surface area contributed by atoms with Crippen molar-refractivity contribution in [3.05, 3.63) is 35.2 Å². The summed E-state index contributed by atoms with van der Waals surface area (Å²) in [6, 6.07) is 10.0. The van der Waals surface area contributed by atoms with Gasteiger partial charge in [0.05, 0.1) is 6.42 Å². The van der Waals surface area contributed by atoms with Crippen molar-refractivity contribution < 1.29 is 9.90 Å². The van der Waals surface area contributed by atoms with Crippen LogP contribution in [0.5, 0.6) is 0 Å². The molecule has 19 heavy (non-hydrogen) atoms. The highest BCUT2D eigenvalue weighted by molar-refractivity contribution is 7.19. The molecule has 0 aliphatic rings. The molecule has 0 amide bonds. The van der Waals surface area contributed by atoms with E-state index in [1.807, 2.05) is 32.0 Å². The van der Waals surface area contributed by atoms with E-state index in [0.29, 0.717) is 0 Å². The Morgan fingerprint density at radius 3 is 2.74 bits per heavy atom. The van der Waals surface area contributed by atoms with Crippen LogP contribution in [0.1, 0.15) is 31.6 Å². The van der Waals surface area contributed by atoms with E-state index < -0.39 is 11.4 Å². The zero-order valence-corrected chi connectivity index (χ0v) is 12.0. The summed E-state index contributed by atoms with van der Waals surface area (Å²) in [5.41, 5.74) is 5.69. The molecule has 2 atom stereocenters. The first-order chi connectivity index (χ1) is 8.97. The fourth-order valence-corrected chi connectivity index (χ4v) is 3.70. The molecule has 0 aliphatic carbocycles. The number of aliphatic carboxylic acids is 1. The second kappa shape index (κ2) is 5.31. The van der Waals surface area contributed by atoms with Gasteiger partial charge in [0, 0.05) is 21.0 Å². The van der Waals surface area contributed by atoms with Crippen LogP contribution in [0.25, 0.3) is 10.1 Å². The molecule has 2 aromatic rings. The fourth-order valence-electron chi connectivity index (χ4n) is 2.43. The van der Waals surface area contributed by atoms with Gasteiger partial charge in [-0.15, -0.1) is 11.3 Å². The van der Waals surface area contributed by atoms with Gasteiger partial charge in [-0.2, -0.15) is 0 Å². The number of carboxylic acids is 1. The first-order valence-corrected chi connectivity index (χ1v) is 7.25. The minimum absolute atomic E-state index is 0.0643. The molecule has 0 radical (unpaired) electrons. The predicted molar refractivity (Wildman–Crippen MR) is 79.7 cm³/mol. The second-order valence-electron chi connectivity index (χ2n) is 5.15. The summed E-state index contributed by atoms with van der Waals surface area (Å²) in [6.45, 7) is 3.96. The number of carbonyl (C=O) groups is 1. The van der Waals surface area contributed by atoms with Gasteiger partial charge in [-0.3, -0.25) is 4.79 Å². The average molecular weight is 277 g/mol. The maximum atomic E-state index is 11.2. The predicted octanol–water partition coefficient (Wildman–Crippen LogP) is 3.37. The first-order valence-electron chi connectivity index (χ1n) is 6.44. The molecule has 1 heterocycles. The third kappa shape index (κ3) is 2.65. The van der Waals surface area contributed by atoms with E-state index in [-0.39, 0.29) is 12.5 Å². The van der Waals surface area contributed by atoms with Gasteiger partial charge in [0.2, 0.25) is 0 Å². The average Bonchev–Trinajstić information content (AvgIpc) is 2.81. The Labute approximate surface area is 117 Å². The van der Waals surface area contributed by atoms with Crippen LogP contribution in [-0.2, 0) is 10.2 Å². The molecule has 2 rings (SSSR count). The lowest BCUT2D eigenvalue weighted by molar-refractivity contribution is -0.138. The number of carboxylic acid groups (broad SMARTS) is 1. The summed E-state index contributed by atoms with van der Waals surface area (Å²) >= 11 is 1.65. The van der Waals surface area contributed by atoms with Crippen LogP contribution in [0.3, 0.4) is 0 Å². The van der Waals surface area contributed by atoms with E-state index in [9.17, 15) is 9.90 Å². The summed E-state index contributed by atoms with van der Waals surface area (Å²) in [5, 5.41) is 10.3. The lowest BCUT2D eigenvalue weighted by Gasteiger charge is -2.32. The largest absolute Gasteiger partial charge is 0.481 e. The third-order valence-electron chi connectivity index (χ3n) is 3.77. The van der Waals surface area contributed by atoms with Crippen LogP contribution < -0.4 is 5.73 Å². The van der Waals surface area contributed by atoms with Gasteiger partial charge in [-0.1, -0.05) is 32.0 Å². The monoisotopic (exact) mass is 277 g/mol. The topological polar surface area (TPSA) is 63.3 Å². The van der Waals surface area contributed by atoms with Gasteiger partial charge in [0.1, 0.15) is 0 Å². The maximum absolute atomic E-state index is 11.2. The molecule has 0 fully saturated rings. The number of benzene rings is 1. The van der Waals surface area contributed by atoms with E-state index in [2.05, 4.69) is 12.1 Å². The van der Waals surface area contributed by atoms with Crippen molar-refractivity contribution in [2.24, 2.45) is 5.73 Å². The first kappa shape index (κ1) is 14.0. The summed E-state index contributed by atoms with van der Waals surface area (Å²) in [5.74, 6) is -0.802. The van der Waals surface area contributed by atoms with Crippen molar-refractivity contribution in [3.8, 4) is 0 Å². The fraction of sp³-hybridized carbons (Fsp3) is 0.400. The Morgan fingerprint density at radius 2 is 2.16 bits per heavy atom. The molecule has 4 heteroatoms. The van der Waals surface area contributed by atoms with Crippen molar-refractivity contribution in [2.75, 3.05) is 0 Å². The Balaban J connectivity index is 2.50. The molecule has 102 valence electrons. The summed E-state index contributed by atoms with van der Waals surface area (Å²) in [7, 11) is 0. The van der Waals surface area contributed by atoms with Crippen molar-refractivity contribution in [2.45, 2.75) is 38.1 Å².